The molecule has 98 valence electrons. The van der Waals surface area contributed by atoms with Crippen LogP contribution in [0.4, 0.5) is 0 Å². The van der Waals surface area contributed by atoms with Crippen LogP contribution in [0, 0.1) is 0 Å². The number of nitrogens with one attached hydrogen (secondary N) is 1. The number of H-pyrrole nitrogens is 1. The van der Waals surface area contributed by atoms with Gasteiger partial charge in [-0.25, -0.2) is 9.97 Å². The number of para-hydroxylation sites is 1. The molecule has 0 fully saturated rings. The maximum absolute atomic E-state index is 4.52. The minimum Gasteiger partial charge on any atom is -0.349 e. The SMILES string of the molecule is Brc1cn2ccnc2c(Sc2cc3ccccc3[nH]2)n1. The van der Waals surface area contributed by atoms with Crippen molar-refractivity contribution in [3.8, 4) is 0 Å². The van der Waals surface area contributed by atoms with E-state index in [1.165, 1.54) is 5.39 Å². The monoisotopic (exact) mass is 344 g/mol. The van der Waals surface area contributed by atoms with Crippen LogP contribution in [0.3, 0.4) is 0 Å². The van der Waals surface area contributed by atoms with Gasteiger partial charge in [-0.2, -0.15) is 0 Å². The van der Waals surface area contributed by atoms with Gasteiger partial charge in [0.05, 0.1) is 5.03 Å². The summed E-state index contributed by atoms with van der Waals surface area (Å²) in [5.74, 6) is 0. The summed E-state index contributed by atoms with van der Waals surface area (Å²) in [5, 5.41) is 3.13. The summed E-state index contributed by atoms with van der Waals surface area (Å²) in [6.07, 6.45) is 5.59. The van der Waals surface area contributed by atoms with Crippen molar-refractivity contribution in [3.63, 3.8) is 0 Å². The number of aromatic nitrogens is 4. The van der Waals surface area contributed by atoms with Gasteiger partial charge in [0.2, 0.25) is 0 Å². The van der Waals surface area contributed by atoms with Crippen LogP contribution in [0.15, 0.2) is 63.6 Å². The van der Waals surface area contributed by atoms with Gasteiger partial charge >= 0.3 is 0 Å². The molecule has 1 aromatic carbocycles. The highest BCUT2D eigenvalue weighted by Crippen LogP contribution is 2.31. The Labute approximate surface area is 127 Å². The summed E-state index contributed by atoms with van der Waals surface area (Å²) in [5.41, 5.74) is 1.99. The van der Waals surface area contributed by atoms with Crippen LogP contribution in [-0.2, 0) is 0 Å². The minimum atomic E-state index is 0.793. The molecule has 4 aromatic rings. The van der Waals surface area contributed by atoms with Crippen LogP contribution < -0.4 is 0 Å². The lowest BCUT2D eigenvalue weighted by molar-refractivity contribution is 1.00. The predicted octanol–water partition coefficient (Wildman–Crippen LogP) is 4.12. The van der Waals surface area contributed by atoms with E-state index in [4.69, 9.17) is 0 Å². The molecule has 0 aliphatic rings. The molecule has 0 spiro atoms. The molecule has 20 heavy (non-hydrogen) atoms. The van der Waals surface area contributed by atoms with Crippen molar-refractivity contribution in [2.24, 2.45) is 0 Å². The molecule has 1 N–H and O–H groups in total. The number of nitrogens with zero attached hydrogens (tertiary/aromatic N) is 3. The maximum atomic E-state index is 4.52. The van der Waals surface area contributed by atoms with Crippen LogP contribution in [-0.4, -0.2) is 19.4 Å². The van der Waals surface area contributed by atoms with Crippen molar-refractivity contribution in [1.29, 1.82) is 0 Å². The van der Waals surface area contributed by atoms with E-state index in [0.717, 1.165) is 25.8 Å². The summed E-state index contributed by atoms with van der Waals surface area (Å²) in [6.45, 7) is 0. The van der Waals surface area contributed by atoms with E-state index in [9.17, 15) is 0 Å². The van der Waals surface area contributed by atoms with E-state index >= 15 is 0 Å². The van der Waals surface area contributed by atoms with Crippen LogP contribution in [0.25, 0.3) is 16.6 Å². The Kier molecular flexibility index (Phi) is 2.78. The topological polar surface area (TPSA) is 46.0 Å². The summed E-state index contributed by atoms with van der Waals surface area (Å²) in [4.78, 5) is 12.3. The molecule has 0 atom stereocenters. The first-order valence-electron chi connectivity index (χ1n) is 6.04. The van der Waals surface area contributed by atoms with Gasteiger partial charge in [-0.3, -0.25) is 0 Å². The van der Waals surface area contributed by atoms with Gasteiger partial charge in [-0.15, -0.1) is 0 Å². The van der Waals surface area contributed by atoms with Crippen LogP contribution in [0.2, 0.25) is 0 Å². The first-order chi connectivity index (χ1) is 9.79. The van der Waals surface area contributed by atoms with Crippen LogP contribution in [0.5, 0.6) is 0 Å². The molecule has 0 aliphatic carbocycles. The van der Waals surface area contributed by atoms with E-state index in [1.54, 1.807) is 18.0 Å². The quantitative estimate of drug-likeness (QED) is 0.594. The zero-order valence-corrected chi connectivity index (χ0v) is 12.6. The van der Waals surface area contributed by atoms with Gasteiger partial charge in [-0.1, -0.05) is 18.2 Å². The summed E-state index contributed by atoms with van der Waals surface area (Å²) < 4.78 is 2.75. The molecule has 0 bridgehead atoms. The Balaban J connectivity index is 1.81. The number of halogens is 1. The van der Waals surface area contributed by atoms with Crippen LogP contribution >= 0.6 is 27.7 Å². The molecular formula is C14H9BrN4S. The van der Waals surface area contributed by atoms with Crippen LogP contribution in [0.1, 0.15) is 0 Å². The zero-order chi connectivity index (χ0) is 13.5. The molecule has 0 radical (unpaired) electrons. The molecule has 0 unspecified atom stereocenters. The van der Waals surface area contributed by atoms with E-state index < -0.39 is 0 Å². The summed E-state index contributed by atoms with van der Waals surface area (Å²) >= 11 is 5.01. The smallest absolute Gasteiger partial charge is 0.170 e. The number of hydrogen-bond donors (Lipinski definition) is 1. The fourth-order valence-corrected chi connectivity index (χ4v) is 3.61. The van der Waals surface area contributed by atoms with Gasteiger partial charge in [0.1, 0.15) is 9.63 Å². The van der Waals surface area contributed by atoms with Gasteiger partial charge in [-0.05, 0) is 39.8 Å². The number of aromatic amines is 1. The highest BCUT2D eigenvalue weighted by atomic mass is 79.9. The second-order valence-electron chi connectivity index (χ2n) is 4.35. The Hall–Kier alpha value is -1.79. The van der Waals surface area contributed by atoms with Crippen molar-refractivity contribution in [2.45, 2.75) is 10.1 Å². The minimum absolute atomic E-state index is 0.793. The van der Waals surface area contributed by atoms with E-state index in [2.05, 4.69) is 49.1 Å². The number of imidazole rings is 1. The van der Waals surface area contributed by atoms with Gasteiger partial charge < -0.3 is 9.38 Å². The lowest BCUT2D eigenvalue weighted by Crippen LogP contribution is -1.91. The Morgan fingerprint density at radius 1 is 1.25 bits per heavy atom. The average Bonchev–Trinajstić information content (AvgIpc) is 3.03. The van der Waals surface area contributed by atoms with E-state index in [-0.39, 0.29) is 0 Å². The second kappa shape index (κ2) is 4.64. The molecule has 0 aliphatic heterocycles. The molecule has 6 heteroatoms. The van der Waals surface area contributed by atoms with Gasteiger partial charge in [0, 0.05) is 29.5 Å². The van der Waals surface area contributed by atoms with Crippen molar-refractivity contribution in [3.05, 3.63) is 53.5 Å². The number of hydrogen-bond acceptors (Lipinski definition) is 3. The van der Waals surface area contributed by atoms with Gasteiger partial charge in [0.15, 0.2) is 5.65 Å². The van der Waals surface area contributed by atoms with Crippen molar-refractivity contribution < 1.29 is 0 Å². The molecule has 0 saturated heterocycles. The third kappa shape index (κ3) is 2.01. The number of benzene rings is 1. The number of fused-ring (bicyclic) bond motifs is 2. The molecule has 3 heterocycles. The standard InChI is InChI=1S/C14H9BrN4S/c15-11-8-19-6-5-16-13(19)14(18-11)20-12-7-9-3-1-2-4-10(9)17-12/h1-8,17H. The fraction of sp³-hybridized carbons (Fsp3) is 0. The van der Waals surface area contributed by atoms with Crippen molar-refractivity contribution >= 4 is 44.2 Å². The summed E-state index contributed by atoms with van der Waals surface area (Å²) in [6, 6.07) is 10.3. The Bertz CT molecular complexity index is 879. The normalized spacial score (nSPS) is 11.4. The average molecular weight is 345 g/mol. The lowest BCUT2D eigenvalue weighted by atomic mass is 10.3. The predicted molar refractivity (Wildman–Crippen MR) is 83.1 cm³/mol. The van der Waals surface area contributed by atoms with Crippen molar-refractivity contribution in [1.82, 2.24) is 19.4 Å². The number of rotatable bonds is 2. The third-order valence-corrected chi connectivity index (χ3v) is 4.31. The third-order valence-electron chi connectivity index (χ3n) is 3.03. The van der Waals surface area contributed by atoms with E-state index in [1.807, 2.05) is 28.9 Å². The first kappa shape index (κ1) is 12.0. The second-order valence-corrected chi connectivity index (χ2v) is 6.19. The zero-order valence-electron chi connectivity index (χ0n) is 10.2. The highest BCUT2D eigenvalue weighted by Gasteiger charge is 2.10. The molecule has 3 aromatic heterocycles. The lowest BCUT2D eigenvalue weighted by Gasteiger charge is -2.02. The summed E-state index contributed by atoms with van der Waals surface area (Å²) in [7, 11) is 0. The Morgan fingerprint density at radius 2 is 2.15 bits per heavy atom. The molecule has 0 amide bonds. The molecular weight excluding hydrogens is 336 g/mol. The fourth-order valence-electron chi connectivity index (χ4n) is 2.15. The van der Waals surface area contributed by atoms with Gasteiger partial charge in [0.25, 0.3) is 0 Å². The first-order valence-corrected chi connectivity index (χ1v) is 7.65. The Morgan fingerprint density at radius 3 is 3.05 bits per heavy atom. The maximum Gasteiger partial charge on any atom is 0.170 e. The molecule has 0 saturated carbocycles. The molecule has 4 nitrogen and oxygen atoms in total. The molecule has 4 rings (SSSR count). The van der Waals surface area contributed by atoms with E-state index in [0.29, 0.717) is 0 Å². The van der Waals surface area contributed by atoms with Crippen molar-refractivity contribution in [2.75, 3.05) is 0 Å². The highest BCUT2D eigenvalue weighted by molar-refractivity contribution is 9.10. The largest absolute Gasteiger partial charge is 0.349 e.